The number of carbonyl (C=O) groups excluding carboxylic acids is 1. The summed E-state index contributed by atoms with van der Waals surface area (Å²) < 4.78 is 10.9. The van der Waals surface area contributed by atoms with Crippen LogP contribution in [-0.4, -0.2) is 30.0 Å². The highest BCUT2D eigenvalue weighted by molar-refractivity contribution is 8.00. The number of benzene rings is 2. The first-order valence-corrected chi connectivity index (χ1v) is 7.63. The van der Waals surface area contributed by atoms with E-state index in [1.54, 1.807) is 11.8 Å². The molecule has 102 valence electrons. The fourth-order valence-corrected chi connectivity index (χ4v) is 3.98. The van der Waals surface area contributed by atoms with Crippen molar-refractivity contribution in [2.75, 3.05) is 6.61 Å². The third-order valence-electron chi connectivity index (χ3n) is 3.80. The molecule has 2 bridgehead atoms. The lowest BCUT2D eigenvalue weighted by atomic mass is 10.1. The highest BCUT2D eigenvalue weighted by atomic mass is 32.2. The molecule has 0 amide bonds. The number of rotatable bonds is 2. The van der Waals surface area contributed by atoms with Crippen LogP contribution in [-0.2, 0) is 14.3 Å². The number of thioether (sulfide) groups is 1. The average molecular weight is 286 g/mol. The second-order valence-electron chi connectivity index (χ2n) is 5.18. The number of Topliss-reactive ketones (excluding diaryl/α,β-unsaturated/α-hetero) is 1. The Labute approximate surface area is 121 Å². The Morgan fingerprint density at radius 3 is 2.85 bits per heavy atom. The monoisotopic (exact) mass is 286 g/mol. The Balaban J connectivity index is 1.59. The molecular weight excluding hydrogens is 272 g/mol. The molecule has 2 heterocycles. The molecule has 2 aliphatic heterocycles. The highest BCUT2D eigenvalue weighted by Gasteiger charge is 2.43. The fraction of sp³-hybridized carbons (Fsp3) is 0.312. The zero-order chi connectivity index (χ0) is 13.5. The van der Waals surface area contributed by atoms with E-state index in [9.17, 15) is 4.79 Å². The van der Waals surface area contributed by atoms with Crippen molar-refractivity contribution < 1.29 is 14.3 Å². The van der Waals surface area contributed by atoms with Gasteiger partial charge < -0.3 is 9.47 Å². The molecule has 0 radical (unpaired) electrons. The van der Waals surface area contributed by atoms with E-state index >= 15 is 0 Å². The Hall–Kier alpha value is -1.36. The van der Waals surface area contributed by atoms with Crippen LogP contribution in [0.3, 0.4) is 0 Å². The molecule has 3 nitrogen and oxygen atoms in total. The minimum Gasteiger partial charge on any atom is -0.343 e. The Bertz CT molecular complexity index is 670. The van der Waals surface area contributed by atoms with Crippen molar-refractivity contribution >= 4 is 28.3 Å². The van der Waals surface area contributed by atoms with Crippen LogP contribution in [0.15, 0.2) is 47.4 Å². The van der Waals surface area contributed by atoms with E-state index in [1.807, 2.05) is 12.1 Å². The lowest BCUT2D eigenvalue weighted by molar-refractivity contribution is -0.151. The number of hydrogen-bond donors (Lipinski definition) is 0. The standard InChI is InChI=1S/C16H14O3S/c17-13-8-15(14-9-18-16(13)19-14)20-12-6-5-10-3-1-2-4-11(10)7-12/h1-7,14-16H,8-9H2/t14-,15-,16-/m0/s1. The Kier molecular flexibility index (Phi) is 3.02. The second-order valence-corrected chi connectivity index (χ2v) is 6.49. The van der Waals surface area contributed by atoms with Gasteiger partial charge in [0.2, 0.25) is 6.29 Å². The van der Waals surface area contributed by atoms with Crippen LogP contribution < -0.4 is 0 Å². The van der Waals surface area contributed by atoms with Gasteiger partial charge in [0.15, 0.2) is 5.78 Å². The van der Waals surface area contributed by atoms with Crippen LogP contribution in [0.5, 0.6) is 0 Å². The minimum atomic E-state index is -0.603. The van der Waals surface area contributed by atoms with Crippen molar-refractivity contribution in [1.82, 2.24) is 0 Å². The van der Waals surface area contributed by atoms with Crippen molar-refractivity contribution in [2.24, 2.45) is 0 Å². The number of hydrogen-bond acceptors (Lipinski definition) is 4. The van der Waals surface area contributed by atoms with Gasteiger partial charge in [-0.15, -0.1) is 11.8 Å². The summed E-state index contributed by atoms with van der Waals surface area (Å²) in [5, 5.41) is 2.61. The minimum absolute atomic E-state index is 0.0363. The number of carbonyl (C=O) groups is 1. The third-order valence-corrected chi connectivity index (χ3v) is 5.10. The molecule has 2 aromatic rings. The van der Waals surface area contributed by atoms with Gasteiger partial charge in [0.1, 0.15) is 0 Å². The average Bonchev–Trinajstić information content (AvgIpc) is 2.91. The van der Waals surface area contributed by atoms with Gasteiger partial charge in [0.05, 0.1) is 12.7 Å². The molecule has 2 saturated heterocycles. The van der Waals surface area contributed by atoms with Crippen molar-refractivity contribution in [3.63, 3.8) is 0 Å². The van der Waals surface area contributed by atoms with Crippen LogP contribution in [0, 0.1) is 0 Å². The number of ketones is 1. The molecule has 4 heteroatoms. The molecule has 0 spiro atoms. The topological polar surface area (TPSA) is 35.5 Å². The van der Waals surface area contributed by atoms with E-state index in [0.29, 0.717) is 13.0 Å². The maximum atomic E-state index is 11.8. The van der Waals surface area contributed by atoms with Gasteiger partial charge in [-0.25, -0.2) is 0 Å². The highest BCUT2D eigenvalue weighted by Crippen LogP contribution is 2.37. The molecule has 20 heavy (non-hydrogen) atoms. The first-order valence-electron chi connectivity index (χ1n) is 6.75. The molecule has 4 rings (SSSR count). The summed E-state index contributed by atoms with van der Waals surface area (Å²) >= 11 is 1.72. The molecular formula is C16H14O3S. The molecule has 0 N–H and O–H groups in total. The molecule has 3 atom stereocenters. The predicted molar refractivity (Wildman–Crippen MR) is 77.8 cm³/mol. The van der Waals surface area contributed by atoms with Crippen LogP contribution >= 0.6 is 11.8 Å². The first-order chi connectivity index (χ1) is 9.79. The quantitative estimate of drug-likeness (QED) is 0.850. The predicted octanol–water partition coefficient (Wildman–Crippen LogP) is 3.01. The van der Waals surface area contributed by atoms with Crippen molar-refractivity contribution in [3.8, 4) is 0 Å². The molecule has 0 aromatic heterocycles. The van der Waals surface area contributed by atoms with Gasteiger partial charge in [0, 0.05) is 16.6 Å². The van der Waals surface area contributed by atoms with E-state index < -0.39 is 6.29 Å². The lowest BCUT2D eigenvalue weighted by Gasteiger charge is -2.25. The third kappa shape index (κ3) is 2.14. The van der Waals surface area contributed by atoms with Gasteiger partial charge >= 0.3 is 0 Å². The molecule has 2 fully saturated rings. The summed E-state index contributed by atoms with van der Waals surface area (Å²) in [5.74, 6) is 0.0667. The molecule has 2 aromatic carbocycles. The largest absolute Gasteiger partial charge is 0.343 e. The van der Waals surface area contributed by atoms with Crippen molar-refractivity contribution in [3.05, 3.63) is 42.5 Å². The SMILES string of the molecule is O=C1C[C@H](Sc2ccc3ccccc3c2)[C@@H]2CO[C@H]1O2. The summed E-state index contributed by atoms with van der Waals surface area (Å²) in [6.07, 6.45) is -0.0325. The van der Waals surface area contributed by atoms with E-state index in [-0.39, 0.29) is 17.1 Å². The molecule has 0 unspecified atom stereocenters. The Morgan fingerprint density at radius 2 is 1.95 bits per heavy atom. The maximum absolute atomic E-state index is 11.8. The first kappa shape index (κ1) is 12.4. The van der Waals surface area contributed by atoms with E-state index in [2.05, 4.69) is 30.3 Å². The second kappa shape index (κ2) is 4.88. The lowest BCUT2D eigenvalue weighted by Crippen LogP contribution is -2.37. The van der Waals surface area contributed by atoms with Gasteiger partial charge in [-0.1, -0.05) is 30.3 Å². The van der Waals surface area contributed by atoms with Crippen molar-refractivity contribution in [2.45, 2.75) is 29.0 Å². The summed E-state index contributed by atoms with van der Waals surface area (Å²) in [7, 11) is 0. The van der Waals surface area contributed by atoms with Gasteiger partial charge in [-0.2, -0.15) is 0 Å². The molecule has 0 saturated carbocycles. The zero-order valence-corrected chi connectivity index (χ0v) is 11.6. The summed E-state index contributed by atoms with van der Waals surface area (Å²) in [6, 6.07) is 14.7. The number of ether oxygens (including phenoxy) is 2. The normalized spacial score (nSPS) is 29.0. The molecule has 2 aliphatic rings. The van der Waals surface area contributed by atoms with Crippen LogP contribution in [0.1, 0.15) is 6.42 Å². The van der Waals surface area contributed by atoms with Gasteiger partial charge in [-0.05, 0) is 22.9 Å². The van der Waals surface area contributed by atoms with Crippen LogP contribution in [0.4, 0.5) is 0 Å². The zero-order valence-electron chi connectivity index (χ0n) is 10.8. The fourth-order valence-electron chi connectivity index (χ4n) is 2.74. The van der Waals surface area contributed by atoms with E-state index in [0.717, 1.165) is 0 Å². The van der Waals surface area contributed by atoms with Crippen LogP contribution in [0.2, 0.25) is 0 Å². The summed E-state index contributed by atoms with van der Waals surface area (Å²) in [6.45, 7) is 0.529. The van der Waals surface area contributed by atoms with Gasteiger partial charge in [-0.3, -0.25) is 4.79 Å². The maximum Gasteiger partial charge on any atom is 0.218 e. The summed E-state index contributed by atoms with van der Waals surface area (Å²) in [4.78, 5) is 13.0. The van der Waals surface area contributed by atoms with E-state index in [4.69, 9.17) is 9.47 Å². The van der Waals surface area contributed by atoms with Crippen molar-refractivity contribution in [1.29, 1.82) is 0 Å². The Morgan fingerprint density at radius 1 is 1.10 bits per heavy atom. The summed E-state index contributed by atoms with van der Waals surface area (Å²) in [5.41, 5.74) is 0. The van der Waals surface area contributed by atoms with Crippen LogP contribution in [0.25, 0.3) is 10.8 Å². The van der Waals surface area contributed by atoms with E-state index in [1.165, 1.54) is 15.7 Å². The molecule has 0 aliphatic carbocycles. The number of fused-ring (bicyclic) bond motifs is 3. The smallest absolute Gasteiger partial charge is 0.218 e. The van der Waals surface area contributed by atoms with Gasteiger partial charge in [0.25, 0.3) is 0 Å².